The number of benzene rings is 1. The lowest BCUT2D eigenvalue weighted by Gasteiger charge is -2.34. The molecule has 1 fully saturated rings. The van der Waals surface area contributed by atoms with Gasteiger partial charge in [0.1, 0.15) is 10.6 Å². The minimum absolute atomic E-state index is 0.106. The van der Waals surface area contributed by atoms with Crippen molar-refractivity contribution in [3.63, 3.8) is 0 Å². The number of carbonyl (C=O) groups is 1. The monoisotopic (exact) mass is 406 g/mol. The molecule has 0 saturated carbocycles. The van der Waals surface area contributed by atoms with Crippen molar-refractivity contribution in [2.24, 2.45) is 0 Å². The van der Waals surface area contributed by atoms with Crippen LogP contribution in [0.15, 0.2) is 29.2 Å². The maximum atomic E-state index is 13.1. The van der Waals surface area contributed by atoms with E-state index in [0.717, 1.165) is 0 Å². The number of amides is 1. The summed E-state index contributed by atoms with van der Waals surface area (Å²) in [5, 5.41) is 4.32. The number of carbonyl (C=O) groups excluding carboxylic acids is 1. The molecule has 8 nitrogen and oxygen atoms in total. The number of aromatic nitrogens is 2. The molecule has 0 bridgehead atoms. The van der Waals surface area contributed by atoms with E-state index in [4.69, 9.17) is 4.74 Å². The van der Waals surface area contributed by atoms with E-state index in [2.05, 4.69) is 5.10 Å². The maximum Gasteiger partial charge on any atom is 0.253 e. The molecule has 3 rings (SSSR count). The average molecular weight is 407 g/mol. The summed E-state index contributed by atoms with van der Waals surface area (Å²) in [7, 11) is -2.07. The van der Waals surface area contributed by atoms with Crippen molar-refractivity contribution in [2.45, 2.75) is 32.2 Å². The van der Waals surface area contributed by atoms with E-state index in [9.17, 15) is 13.2 Å². The van der Waals surface area contributed by atoms with Crippen LogP contribution >= 0.6 is 0 Å². The third kappa shape index (κ3) is 3.64. The summed E-state index contributed by atoms with van der Waals surface area (Å²) in [5.74, 6) is 0.580. The molecule has 2 heterocycles. The summed E-state index contributed by atoms with van der Waals surface area (Å²) >= 11 is 0. The Morgan fingerprint density at radius 2 is 1.71 bits per heavy atom. The Hall–Kier alpha value is -2.39. The highest BCUT2D eigenvalue weighted by atomic mass is 32.2. The van der Waals surface area contributed by atoms with Crippen molar-refractivity contribution in [1.29, 1.82) is 0 Å². The highest BCUT2D eigenvalue weighted by Gasteiger charge is 2.34. The van der Waals surface area contributed by atoms with E-state index in [-0.39, 0.29) is 23.9 Å². The fraction of sp³-hybridized carbons (Fsp3) is 0.474. The van der Waals surface area contributed by atoms with Crippen molar-refractivity contribution in [1.82, 2.24) is 19.0 Å². The minimum atomic E-state index is -3.64. The first-order valence-corrected chi connectivity index (χ1v) is 10.7. The van der Waals surface area contributed by atoms with Gasteiger partial charge in [0.25, 0.3) is 5.91 Å². The third-order valence-electron chi connectivity index (χ3n) is 5.08. The summed E-state index contributed by atoms with van der Waals surface area (Å²) in [5.41, 5.74) is 1.72. The van der Waals surface area contributed by atoms with Gasteiger partial charge in [-0.1, -0.05) is 0 Å². The molecule has 1 amide bonds. The lowest BCUT2D eigenvalue weighted by molar-refractivity contribution is 0.0698. The summed E-state index contributed by atoms with van der Waals surface area (Å²) < 4.78 is 34.5. The molecule has 1 saturated heterocycles. The number of nitrogens with zero attached hydrogens (tertiary/aromatic N) is 4. The Morgan fingerprint density at radius 1 is 1.11 bits per heavy atom. The SMILES string of the molecule is CCn1nc(C)c(S(=O)(=O)N2CCN(C(=O)c3ccc(OC)cc3)CC2)c1C. The van der Waals surface area contributed by atoms with E-state index in [1.54, 1.807) is 54.8 Å². The summed E-state index contributed by atoms with van der Waals surface area (Å²) in [6.45, 7) is 7.27. The standard InChI is InChI=1S/C19H26N4O4S/c1-5-23-15(3)18(14(2)20-23)28(25,26)22-12-10-21(11-13-22)19(24)16-6-8-17(27-4)9-7-16/h6-9H,5,10-13H2,1-4H3. The van der Waals surface area contributed by atoms with Crippen LogP contribution in [0.2, 0.25) is 0 Å². The number of ether oxygens (including phenoxy) is 1. The topological polar surface area (TPSA) is 84.7 Å². The van der Waals surface area contributed by atoms with Crippen LogP contribution in [0.25, 0.3) is 0 Å². The fourth-order valence-corrected chi connectivity index (χ4v) is 5.33. The van der Waals surface area contributed by atoms with Gasteiger partial charge in [-0.15, -0.1) is 0 Å². The molecule has 0 atom stereocenters. The highest BCUT2D eigenvalue weighted by Crippen LogP contribution is 2.25. The number of sulfonamides is 1. The van der Waals surface area contributed by atoms with Gasteiger partial charge in [-0.3, -0.25) is 9.48 Å². The van der Waals surface area contributed by atoms with Crippen LogP contribution in [0, 0.1) is 13.8 Å². The largest absolute Gasteiger partial charge is 0.497 e. The van der Waals surface area contributed by atoms with Gasteiger partial charge in [0.2, 0.25) is 10.0 Å². The Balaban J connectivity index is 1.72. The second kappa shape index (κ2) is 7.92. The van der Waals surface area contributed by atoms with Crippen LogP contribution < -0.4 is 4.74 Å². The zero-order valence-electron chi connectivity index (χ0n) is 16.7. The third-order valence-corrected chi connectivity index (χ3v) is 7.23. The number of piperazine rings is 1. The van der Waals surface area contributed by atoms with Gasteiger partial charge in [0.15, 0.2) is 0 Å². The van der Waals surface area contributed by atoms with Crippen molar-refractivity contribution < 1.29 is 17.9 Å². The molecule has 0 aliphatic carbocycles. The van der Waals surface area contributed by atoms with Crippen LogP contribution in [0.4, 0.5) is 0 Å². The quantitative estimate of drug-likeness (QED) is 0.754. The molecule has 152 valence electrons. The molecule has 0 N–H and O–H groups in total. The molecule has 1 aromatic carbocycles. The lowest BCUT2D eigenvalue weighted by atomic mass is 10.2. The Kier molecular flexibility index (Phi) is 5.76. The van der Waals surface area contributed by atoms with Crippen LogP contribution in [-0.2, 0) is 16.6 Å². The van der Waals surface area contributed by atoms with Crippen molar-refractivity contribution in [3.05, 3.63) is 41.2 Å². The first kappa shape index (κ1) is 20.3. The Bertz CT molecular complexity index is 959. The van der Waals surface area contributed by atoms with E-state index in [1.807, 2.05) is 6.92 Å². The molecule has 0 unspecified atom stereocenters. The van der Waals surface area contributed by atoms with Crippen molar-refractivity contribution in [3.8, 4) is 5.75 Å². The number of methoxy groups -OCH3 is 1. The van der Waals surface area contributed by atoms with Crippen LogP contribution in [0.3, 0.4) is 0 Å². The second-order valence-corrected chi connectivity index (χ2v) is 8.62. The molecule has 1 aliphatic heterocycles. The number of aryl methyl sites for hydroxylation is 2. The Morgan fingerprint density at radius 3 is 2.21 bits per heavy atom. The number of hydrogen-bond acceptors (Lipinski definition) is 5. The number of rotatable bonds is 5. The normalized spacial score (nSPS) is 15.6. The minimum Gasteiger partial charge on any atom is -0.497 e. The van der Waals surface area contributed by atoms with Gasteiger partial charge in [-0.25, -0.2) is 8.42 Å². The molecule has 1 aromatic heterocycles. The zero-order valence-corrected chi connectivity index (χ0v) is 17.5. The summed E-state index contributed by atoms with van der Waals surface area (Å²) in [6.07, 6.45) is 0. The van der Waals surface area contributed by atoms with Gasteiger partial charge in [0, 0.05) is 38.3 Å². The first-order chi connectivity index (χ1) is 13.3. The molecule has 28 heavy (non-hydrogen) atoms. The molecule has 0 spiro atoms. The Labute approximate surface area is 165 Å². The van der Waals surface area contributed by atoms with Gasteiger partial charge < -0.3 is 9.64 Å². The van der Waals surface area contributed by atoms with Crippen LogP contribution in [0.5, 0.6) is 5.75 Å². The van der Waals surface area contributed by atoms with Gasteiger partial charge >= 0.3 is 0 Å². The van der Waals surface area contributed by atoms with Gasteiger partial charge in [0.05, 0.1) is 18.5 Å². The molecule has 9 heteroatoms. The second-order valence-electron chi connectivity index (χ2n) is 6.74. The number of hydrogen-bond donors (Lipinski definition) is 0. The highest BCUT2D eigenvalue weighted by molar-refractivity contribution is 7.89. The van der Waals surface area contributed by atoms with E-state index in [1.165, 1.54) is 4.31 Å². The molecular weight excluding hydrogens is 380 g/mol. The molecular formula is C19H26N4O4S. The average Bonchev–Trinajstić information content (AvgIpc) is 3.01. The van der Waals surface area contributed by atoms with Crippen LogP contribution in [-0.4, -0.2) is 66.6 Å². The molecule has 0 radical (unpaired) electrons. The lowest BCUT2D eigenvalue weighted by Crippen LogP contribution is -2.50. The molecule has 1 aliphatic rings. The summed E-state index contributed by atoms with van der Waals surface area (Å²) in [4.78, 5) is 14.6. The predicted octanol–water partition coefficient (Wildman–Crippen LogP) is 1.68. The zero-order chi connectivity index (χ0) is 20.5. The van der Waals surface area contributed by atoms with E-state index >= 15 is 0 Å². The van der Waals surface area contributed by atoms with Gasteiger partial charge in [-0.2, -0.15) is 9.40 Å². The summed E-state index contributed by atoms with van der Waals surface area (Å²) in [6, 6.07) is 6.92. The predicted molar refractivity (Wildman–Crippen MR) is 105 cm³/mol. The van der Waals surface area contributed by atoms with E-state index in [0.29, 0.717) is 42.3 Å². The fourth-order valence-electron chi connectivity index (χ4n) is 3.54. The molecule has 2 aromatic rings. The maximum absolute atomic E-state index is 13.1. The van der Waals surface area contributed by atoms with E-state index < -0.39 is 10.0 Å². The first-order valence-electron chi connectivity index (χ1n) is 9.27. The van der Waals surface area contributed by atoms with Crippen molar-refractivity contribution in [2.75, 3.05) is 33.3 Å². The smallest absolute Gasteiger partial charge is 0.253 e. The van der Waals surface area contributed by atoms with Crippen LogP contribution in [0.1, 0.15) is 28.7 Å². The van der Waals surface area contributed by atoms with Crippen molar-refractivity contribution >= 4 is 15.9 Å². The van der Waals surface area contributed by atoms with Gasteiger partial charge in [-0.05, 0) is 45.0 Å².